The summed E-state index contributed by atoms with van der Waals surface area (Å²) in [5.74, 6) is -1.06. The first-order valence-electron chi connectivity index (χ1n) is 4.02. The molecule has 1 aromatic heterocycles. The van der Waals surface area contributed by atoms with Gasteiger partial charge in [0.05, 0.1) is 0 Å². The van der Waals surface area contributed by atoms with E-state index in [2.05, 4.69) is 15.9 Å². The second-order valence-electron chi connectivity index (χ2n) is 2.92. The van der Waals surface area contributed by atoms with Gasteiger partial charge < -0.3 is 9.52 Å². The van der Waals surface area contributed by atoms with E-state index >= 15 is 0 Å². The van der Waals surface area contributed by atoms with Gasteiger partial charge in [0, 0.05) is 10.7 Å². The number of carboxylic acid groups (broad SMARTS) is 1. The highest BCUT2D eigenvalue weighted by molar-refractivity contribution is 9.08. The number of fused-ring (bicyclic) bond motifs is 1. The Labute approximate surface area is 88.5 Å². The van der Waals surface area contributed by atoms with E-state index in [0.29, 0.717) is 5.58 Å². The third kappa shape index (κ3) is 1.53. The normalized spacial score (nSPS) is 10.6. The van der Waals surface area contributed by atoms with Crippen molar-refractivity contribution >= 4 is 32.9 Å². The Kier molecular flexibility index (Phi) is 2.29. The van der Waals surface area contributed by atoms with E-state index in [0.717, 1.165) is 16.3 Å². The highest BCUT2D eigenvalue weighted by Crippen LogP contribution is 2.21. The number of carbonyl (C=O) groups is 1. The van der Waals surface area contributed by atoms with Crippen molar-refractivity contribution in [2.75, 3.05) is 0 Å². The summed E-state index contributed by atoms with van der Waals surface area (Å²) in [7, 11) is 0. The Balaban J connectivity index is 2.60. The summed E-state index contributed by atoms with van der Waals surface area (Å²) in [6.45, 7) is 0. The lowest BCUT2D eigenvalue weighted by molar-refractivity contribution is 0.0665. The van der Waals surface area contributed by atoms with Crippen LogP contribution in [0.4, 0.5) is 0 Å². The Morgan fingerprint density at radius 2 is 2.21 bits per heavy atom. The number of aromatic carboxylic acids is 1. The van der Waals surface area contributed by atoms with E-state index in [1.54, 1.807) is 0 Å². The minimum atomic E-state index is -1.04. The van der Waals surface area contributed by atoms with Crippen LogP contribution in [-0.2, 0) is 5.33 Å². The van der Waals surface area contributed by atoms with Gasteiger partial charge in [0.1, 0.15) is 5.58 Å². The summed E-state index contributed by atoms with van der Waals surface area (Å²) in [6.07, 6.45) is 0. The molecule has 0 radical (unpaired) electrons. The van der Waals surface area contributed by atoms with E-state index in [1.807, 2.05) is 18.2 Å². The summed E-state index contributed by atoms with van der Waals surface area (Å²) >= 11 is 3.32. The molecule has 0 saturated heterocycles. The lowest BCUT2D eigenvalue weighted by atomic mass is 10.2. The van der Waals surface area contributed by atoms with E-state index in [-0.39, 0.29) is 5.76 Å². The summed E-state index contributed by atoms with van der Waals surface area (Å²) in [6, 6.07) is 7.13. The number of furan rings is 1. The van der Waals surface area contributed by atoms with Crippen LogP contribution in [0.15, 0.2) is 28.7 Å². The summed E-state index contributed by atoms with van der Waals surface area (Å²) < 4.78 is 5.15. The van der Waals surface area contributed by atoms with E-state index in [9.17, 15) is 4.79 Å². The Morgan fingerprint density at radius 1 is 1.43 bits per heavy atom. The Morgan fingerprint density at radius 3 is 2.86 bits per heavy atom. The van der Waals surface area contributed by atoms with Crippen molar-refractivity contribution < 1.29 is 14.3 Å². The van der Waals surface area contributed by atoms with Gasteiger partial charge in [-0.15, -0.1) is 0 Å². The molecule has 0 aliphatic carbocycles. The van der Waals surface area contributed by atoms with Gasteiger partial charge in [0.2, 0.25) is 5.76 Å². The highest BCUT2D eigenvalue weighted by atomic mass is 79.9. The first-order valence-corrected chi connectivity index (χ1v) is 5.14. The molecule has 72 valence electrons. The zero-order valence-electron chi connectivity index (χ0n) is 7.16. The number of rotatable bonds is 2. The van der Waals surface area contributed by atoms with Crippen LogP contribution in [0.1, 0.15) is 16.1 Å². The van der Waals surface area contributed by atoms with Gasteiger partial charge in [0.15, 0.2) is 0 Å². The third-order valence-corrected chi connectivity index (χ3v) is 2.60. The van der Waals surface area contributed by atoms with Gasteiger partial charge >= 0.3 is 5.97 Å². The number of carboxylic acids is 1. The lowest BCUT2D eigenvalue weighted by Gasteiger charge is -1.92. The monoisotopic (exact) mass is 254 g/mol. The van der Waals surface area contributed by atoms with Crippen molar-refractivity contribution in [1.29, 1.82) is 0 Å². The summed E-state index contributed by atoms with van der Waals surface area (Å²) in [5, 5.41) is 10.2. The molecule has 3 nitrogen and oxygen atoms in total. The largest absolute Gasteiger partial charge is 0.475 e. The number of alkyl halides is 1. The molecule has 0 atom stereocenters. The van der Waals surface area contributed by atoms with Gasteiger partial charge in [-0.2, -0.15) is 0 Å². The number of benzene rings is 1. The van der Waals surface area contributed by atoms with Crippen molar-refractivity contribution in [1.82, 2.24) is 0 Å². The smallest absolute Gasteiger partial charge is 0.371 e. The molecule has 1 N–H and O–H groups in total. The maximum atomic E-state index is 10.6. The summed E-state index contributed by atoms with van der Waals surface area (Å²) in [4.78, 5) is 10.6. The molecule has 14 heavy (non-hydrogen) atoms. The standard InChI is InChI=1S/C10H7BrO3/c11-5-6-1-2-7-4-9(10(12)13)14-8(7)3-6/h1-4H,5H2,(H,12,13). The molecule has 0 unspecified atom stereocenters. The topological polar surface area (TPSA) is 50.4 Å². The van der Waals surface area contributed by atoms with Crippen LogP contribution in [0, 0.1) is 0 Å². The second kappa shape index (κ2) is 3.46. The maximum Gasteiger partial charge on any atom is 0.371 e. The van der Waals surface area contributed by atoms with Crippen molar-refractivity contribution in [2.45, 2.75) is 5.33 Å². The Hall–Kier alpha value is -1.29. The number of halogens is 1. The molecule has 0 aliphatic heterocycles. The average molecular weight is 255 g/mol. The molecule has 0 fully saturated rings. The molecule has 0 amide bonds. The minimum Gasteiger partial charge on any atom is -0.475 e. The highest BCUT2D eigenvalue weighted by Gasteiger charge is 2.09. The van der Waals surface area contributed by atoms with E-state index in [4.69, 9.17) is 9.52 Å². The predicted octanol–water partition coefficient (Wildman–Crippen LogP) is 3.03. The molecule has 0 saturated carbocycles. The van der Waals surface area contributed by atoms with Crippen LogP contribution in [0.5, 0.6) is 0 Å². The van der Waals surface area contributed by atoms with Crippen LogP contribution < -0.4 is 0 Å². The van der Waals surface area contributed by atoms with Crippen molar-refractivity contribution in [2.24, 2.45) is 0 Å². The fourth-order valence-corrected chi connectivity index (χ4v) is 1.61. The van der Waals surface area contributed by atoms with Crippen LogP contribution in [0.2, 0.25) is 0 Å². The van der Waals surface area contributed by atoms with Gasteiger partial charge in [-0.3, -0.25) is 0 Å². The van der Waals surface area contributed by atoms with Crippen molar-refractivity contribution in [3.05, 3.63) is 35.6 Å². The molecule has 1 heterocycles. The van der Waals surface area contributed by atoms with Gasteiger partial charge in [0.25, 0.3) is 0 Å². The van der Waals surface area contributed by atoms with Crippen molar-refractivity contribution in [3.8, 4) is 0 Å². The van der Waals surface area contributed by atoms with E-state index in [1.165, 1.54) is 6.07 Å². The minimum absolute atomic E-state index is 0.0216. The van der Waals surface area contributed by atoms with Crippen LogP contribution in [0.25, 0.3) is 11.0 Å². The third-order valence-electron chi connectivity index (χ3n) is 1.95. The van der Waals surface area contributed by atoms with Crippen LogP contribution >= 0.6 is 15.9 Å². The molecular weight excluding hydrogens is 248 g/mol. The van der Waals surface area contributed by atoms with Gasteiger partial charge in [-0.1, -0.05) is 28.1 Å². The molecule has 1 aromatic carbocycles. The van der Waals surface area contributed by atoms with E-state index < -0.39 is 5.97 Å². The molecule has 2 rings (SSSR count). The lowest BCUT2D eigenvalue weighted by Crippen LogP contribution is -1.91. The quantitative estimate of drug-likeness (QED) is 0.839. The Bertz CT molecular complexity index is 487. The SMILES string of the molecule is O=C(O)c1cc2ccc(CBr)cc2o1. The fourth-order valence-electron chi connectivity index (χ4n) is 1.26. The molecule has 0 aliphatic rings. The molecular formula is C10H7BrO3. The first-order chi connectivity index (χ1) is 6.70. The number of hydrogen-bond donors (Lipinski definition) is 1. The molecule has 0 bridgehead atoms. The van der Waals surface area contributed by atoms with Crippen LogP contribution in [-0.4, -0.2) is 11.1 Å². The predicted molar refractivity (Wildman–Crippen MR) is 55.8 cm³/mol. The second-order valence-corrected chi connectivity index (χ2v) is 3.48. The van der Waals surface area contributed by atoms with Crippen LogP contribution in [0.3, 0.4) is 0 Å². The molecule has 4 heteroatoms. The van der Waals surface area contributed by atoms with Gasteiger partial charge in [-0.25, -0.2) is 4.79 Å². The molecule has 0 spiro atoms. The van der Waals surface area contributed by atoms with Crippen molar-refractivity contribution in [3.63, 3.8) is 0 Å². The number of hydrogen-bond acceptors (Lipinski definition) is 2. The first kappa shape index (κ1) is 9.27. The zero-order valence-corrected chi connectivity index (χ0v) is 8.74. The fraction of sp³-hybridized carbons (Fsp3) is 0.100. The zero-order chi connectivity index (χ0) is 10.1. The summed E-state index contributed by atoms with van der Waals surface area (Å²) in [5.41, 5.74) is 1.67. The molecule has 2 aromatic rings. The maximum absolute atomic E-state index is 10.6. The average Bonchev–Trinajstić information content (AvgIpc) is 2.59. The van der Waals surface area contributed by atoms with Gasteiger partial charge in [-0.05, 0) is 17.7 Å².